The van der Waals surface area contributed by atoms with Gasteiger partial charge in [0.15, 0.2) is 0 Å². The summed E-state index contributed by atoms with van der Waals surface area (Å²) in [4.78, 5) is 44.2. The highest BCUT2D eigenvalue weighted by atomic mass is 32.1. The molecule has 0 spiro atoms. The number of hydrogen-bond acceptors (Lipinski definition) is 7. The molecule has 0 aliphatic carbocycles. The highest BCUT2D eigenvalue weighted by molar-refractivity contribution is 7.19. The molecule has 10 heteroatoms. The van der Waals surface area contributed by atoms with E-state index in [9.17, 15) is 19.5 Å². The molecule has 0 saturated carbocycles. The highest BCUT2D eigenvalue weighted by Gasteiger charge is 2.27. The third-order valence-electron chi connectivity index (χ3n) is 5.36. The quantitative estimate of drug-likeness (QED) is 0.445. The fourth-order valence-corrected chi connectivity index (χ4v) is 5.17. The number of aromatic nitrogens is 4. The van der Waals surface area contributed by atoms with Crippen LogP contribution in [0.15, 0.2) is 33.9 Å². The van der Waals surface area contributed by atoms with Crippen molar-refractivity contribution in [3.63, 3.8) is 0 Å². The molecule has 3 heterocycles. The smallest absolute Gasteiger partial charge is 0.339 e. The number of para-hydroxylation sites is 2. The molecule has 0 saturated heterocycles. The molecule has 0 fully saturated rings. The number of aliphatic hydroxyl groups excluding tert-OH is 1. The number of fused-ring (bicyclic) bond motifs is 2. The van der Waals surface area contributed by atoms with Crippen LogP contribution in [0.2, 0.25) is 0 Å². The van der Waals surface area contributed by atoms with Gasteiger partial charge in [0.1, 0.15) is 17.3 Å². The SMILES string of the molecule is COC(=O)c1c(Cn2c(CO)nc3ccccc32)sc2c1c(=O)n(C)c(=O)n2CC(C)C. The van der Waals surface area contributed by atoms with Crippen molar-refractivity contribution in [2.24, 2.45) is 13.0 Å². The fraction of sp³-hybridized carbons (Fsp3) is 0.364. The van der Waals surface area contributed by atoms with Crippen molar-refractivity contribution >= 4 is 38.6 Å². The summed E-state index contributed by atoms with van der Waals surface area (Å²) in [6.45, 7) is 4.26. The first kappa shape index (κ1) is 22.0. The minimum absolute atomic E-state index is 0.146. The van der Waals surface area contributed by atoms with Gasteiger partial charge < -0.3 is 14.4 Å². The van der Waals surface area contributed by atoms with E-state index in [1.54, 1.807) is 4.57 Å². The number of carbonyl (C=O) groups excluding carboxylic acids is 1. The largest absolute Gasteiger partial charge is 0.465 e. The van der Waals surface area contributed by atoms with Gasteiger partial charge in [-0.05, 0) is 18.1 Å². The Morgan fingerprint density at radius 3 is 2.59 bits per heavy atom. The van der Waals surface area contributed by atoms with E-state index >= 15 is 0 Å². The number of ether oxygens (including phenoxy) is 1. The molecule has 0 aliphatic heterocycles. The van der Waals surface area contributed by atoms with Crippen LogP contribution >= 0.6 is 11.3 Å². The normalized spacial score (nSPS) is 11.7. The van der Waals surface area contributed by atoms with Crippen molar-refractivity contribution in [3.8, 4) is 0 Å². The number of imidazole rings is 1. The first-order valence-corrected chi connectivity index (χ1v) is 11.0. The first-order chi connectivity index (χ1) is 15.3. The van der Waals surface area contributed by atoms with E-state index in [-0.39, 0.29) is 30.0 Å². The Hall–Kier alpha value is -3.24. The van der Waals surface area contributed by atoms with E-state index in [2.05, 4.69) is 4.98 Å². The number of carbonyl (C=O) groups is 1. The Bertz CT molecular complexity index is 1460. The summed E-state index contributed by atoms with van der Waals surface area (Å²) in [6, 6.07) is 7.44. The maximum atomic E-state index is 13.1. The van der Waals surface area contributed by atoms with Gasteiger partial charge >= 0.3 is 11.7 Å². The van der Waals surface area contributed by atoms with Crippen LogP contribution in [-0.4, -0.2) is 36.9 Å². The van der Waals surface area contributed by atoms with Crippen LogP contribution in [0.4, 0.5) is 0 Å². The van der Waals surface area contributed by atoms with Gasteiger partial charge in [0.2, 0.25) is 0 Å². The van der Waals surface area contributed by atoms with Crippen LogP contribution in [0, 0.1) is 5.92 Å². The van der Waals surface area contributed by atoms with Gasteiger partial charge in [0, 0.05) is 18.5 Å². The van der Waals surface area contributed by atoms with E-state index in [4.69, 9.17) is 4.74 Å². The molecule has 0 atom stereocenters. The Balaban J connectivity index is 2.04. The number of methoxy groups -OCH3 is 1. The second-order valence-electron chi connectivity index (χ2n) is 7.98. The lowest BCUT2D eigenvalue weighted by atomic mass is 10.1. The van der Waals surface area contributed by atoms with Crippen LogP contribution in [0.5, 0.6) is 0 Å². The van der Waals surface area contributed by atoms with Crippen molar-refractivity contribution in [1.29, 1.82) is 0 Å². The minimum atomic E-state index is -0.645. The van der Waals surface area contributed by atoms with Gasteiger partial charge in [-0.15, -0.1) is 11.3 Å². The molecule has 1 aromatic carbocycles. The molecule has 4 aromatic rings. The van der Waals surface area contributed by atoms with Gasteiger partial charge in [-0.3, -0.25) is 13.9 Å². The fourth-order valence-electron chi connectivity index (χ4n) is 3.90. The molecule has 0 bridgehead atoms. The summed E-state index contributed by atoms with van der Waals surface area (Å²) in [7, 11) is 2.67. The average Bonchev–Trinajstić information content (AvgIpc) is 3.33. The molecule has 9 nitrogen and oxygen atoms in total. The topological polar surface area (TPSA) is 108 Å². The van der Waals surface area contributed by atoms with E-state index in [0.717, 1.165) is 10.1 Å². The number of rotatable bonds is 6. The third kappa shape index (κ3) is 3.45. The van der Waals surface area contributed by atoms with Crippen LogP contribution in [-0.2, 0) is 31.5 Å². The summed E-state index contributed by atoms with van der Waals surface area (Å²) in [6.07, 6.45) is 0. The van der Waals surface area contributed by atoms with E-state index < -0.39 is 17.2 Å². The molecule has 0 radical (unpaired) electrons. The zero-order valence-corrected chi connectivity index (χ0v) is 19.1. The number of hydrogen-bond donors (Lipinski definition) is 1. The zero-order valence-electron chi connectivity index (χ0n) is 18.3. The van der Waals surface area contributed by atoms with Crippen LogP contribution < -0.4 is 11.2 Å². The summed E-state index contributed by atoms with van der Waals surface area (Å²) < 4.78 is 9.39. The molecular formula is C22H24N4O5S. The van der Waals surface area contributed by atoms with Gasteiger partial charge in [0.25, 0.3) is 5.56 Å². The summed E-state index contributed by atoms with van der Waals surface area (Å²) >= 11 is 1.22. The lowest BCUT2D eigenvalue weighted by Gasteiger charge is -2.11. The predicted octanol–water partition coefficient (Wildman–Crippen LogP) is 2.09. The van der Waals surface area contributed by atoms with E-state index in [0.29, 0.717) is 27.6 Å². The van der Waals surface area contributed by atoms with Crippen LogP contribution in [0.3, 0.4) is 0 Å². The molecule has 32 heavy (non-hydrogen) atoms. The number of nitrogens with zero attached hydrogens (tertiary/aromatic N) is 4. The Kier molecular flexibility index (Phi) is 5.74. The Morgan fingerprint density at radius 1 is 1.22 bits per heavy atom. The van der Waals surface area contributed by atoms with Crippen molar-refractivity contribution in [1.82, 2.24) is 18.7 Å². The van der Waals surface area contributed by atoms with E-state index in [1.807, 2.05) is 42.7 Å². The number of benzene rings is 1. The number of esters is 1. The molecule has 0 amide bonds. The van der Waals surface area contributed by atoms with Gasteiger partial charge in [-0.1, -0.05) is 26.0 Å². The molecule has 168 valence electrons. The molecule has 3 aromatic heterocycles. The minimum Gasteiger partial charge on any atom is -0.465 e. The van der Waals surface area contributed by atoms with Gasteiger partial charge in [-0.2, -0.15) is 0 Å². The molecule has 0 unspecified atom stereocenters. The lowest BCUT2D eigenvalue weighted by Crippen LogP contribution is -2.38. The summed E-state index contributed by atoms with van der Waals surface area (Å²) in [5, 5.41) is 10.0. The van der Waals surface area contributed by atoms with E-state index in [1.165, 1.54) is 25.5 Å². The number of thiophene rings is 1. The van der Waals surface area contributed by atoms with Crippen molar-refractivity contribution in [2.45, 2.75) is 33.5 Å². The molecule has 0 aliphatic rings. The van der Waals surface area contributed by atoms with Gasteiger partial charge in [-0.25, -0.2) is 14.6 Å². The first-order valence-electron chi connectivity index (χ1n) is 10.2. The average molecular weight is 457 g/mol. The standard InChI is InChI=1S/C22H24N4O5S/c1-12(2)9-26-20-18(19(28)24(3)22(26)30)17(21(29)31-4)15(32-20)10-25-14-8-6-5-7-13(14)23-16(25)11-27/h5-8,12,27H,9-11H2,1-4H3. The van der Waals surface area contributed by atoms with Gasteiger partial charge in [0.05, 0.1) is 35.6 Å². The molecule has 4 rings (SSSR count). The maximum absolute atomic E-state index is 13.1. The van der Waals surface area contributed by atoms with Crippen LogP contribution in [0.25, 0.3) is 21.3 Å². The number of aliphatic hydroxyl groups is 1. The second-order valence-corrected chi connectivity index (χ2v) is 9.07. The molecule has 1 N–H and O–H groups in total. The third-order valence-corrected chi connectivity index (χ3v) is 6.56. The van der Waals surface area contributed by atoms with Crippen molar-refractivity contribution in [3.05, 3.63) is 61.4 Å². The Labute approximate surface area is 187 Å². The molecular weight excluding hydrogens is 432 g/mol. The van der Waals surface area contributed by atoms with Crippen molar-refractivity contribution in [2.75, 3.05) is 7.11 Å². The monoisotopic (exact) mass is 456 g/mol. The Morgan fingerprint density at radius 2 is 1.94 bits per heavy atom. The maximum Gasteiger partial charge on any atom is 0.339 e. The zero-order chi connectivity index (χ0) is 23.2. The summed E-state index contributed by atoms with van der Waals surface area (Å²) in [5.74, 6) is -0.0564. The predicted molar refractivity (Wildman–Crippen MR) is 122 cm³/mol. The second kappa shape index (κ2) is 8.36. The summed E-state index contributed by atoms with van der Waals surface area (Å²) in [5.41, 5.74) is 0.685. The lowest BCUT2D eigenvalue weighted by molar-refractivity contribution is 0.0602. The van der Waals surface area contributed by atoms with Crippen LogP contribution in [0.1, 0.15) is 34.9 Å². The highest BCUT2D eigenvalue weighted by Crippen LogP contribution is 2.31. The van der Waals surface area contributed by atoms with Crippen molar-refractivity contribution < 1.29 is 14.6 Å².